The lowest BCUT2D eigenvalue weighted by atomic mass is 10.2. The summed E-state index contributed by atoms with van der Waals surface area (Å²) in [7, 11) is 1.62. The Labute approximate surface area is 144 Å². The van der Waals surface area contributed by atoms with E-state index < -0.39 is 0 Å². The third kappa shape index (κ3) is 3.79. The number of aromatic nitrogens is 4. The summed E-state index contributed by atoms with van der Waals surface area (Å²) in [6, 6.07) is 8.22. The molecule has 0 aliphatic heterocycles. The van der Waals surface area contributed by atoms with Gasteiger partial charge in [-0.05, 0) is 31.9 Å². The Bertz CT molecular complexity index is 805. The Hall–Kier alpha value is -2.28. The number of fused-ring (bicyclic) bond motifs is 1. The zero-order valence-corrected chi connectivity index (χ0v) is 14.8. The highest BCUT2D eigenvalue weighted by Gasteiger charge is 2.12. The number of aryl methyl sites for hydroxylation is 3. The fraction of sp³-hybridized carbons (Fsp3) is 0.412. The average molecular weight is 343 g/mol. The van der Waals surface area contributed by atoms with Gasteiger partial charge in [-0.3, -0.25) is 9.48 Å². The maximum Gasteiger partial charge on any atom is 0.227 e. The van der Waals surface area contributed by atoms with Gasteiger partial charge < -0.3 is 5.32 Å². The molecule has 0 radical (unpaired) electrons. The molecule has 2 heterocycles. The molecule has 0 bridgehead atoms. The Morgan fingerprint density at radius 1 is 1.25 bits per heavy atom. The molecule has 6 nitrogen and oxygen atoms in total. The highest BCUT2D eigenvalue weighted by atomic mass is 32.1. The summed E-state index contributed by atoms with van der Waals surface area (Å²) in [5.41, 5.74) is 1.07. The maximum atomic E-state index is 11.5. The van der Waals surface area contributed by atoms with Gasteiger partial charge in [0.25, 0.3) is 0 Å². The number of nitrogens with one attached hydrogen (secondary N) is 1. The van der Waals surface area contributed by atoms with E-state index in [1.807, 2.05) is 29.8 Å². The Morgan fingerprint density at radius 2 is 2.08 bits per heavy atom. The fourth-order valence-corrected chi connectivity index (χ4v) is 3.60. The second-order valence-corrected chi connectivity index (χ2v) is 6.65. The van der Waals surface area contributed by atoms with Crippen molar-refractivity contribution in [1.82, 2.24) is 25.1 Å². The third-order valence-corrected chi connectivity index (χ3v) is 4.91. The molecule has 1 amide bonds. The van der Waals surface area contributed by atoms with Crippen molar-refractivity contribution in [3.8, 4) is 0 Å². The van der Waals surface area contributed by atoms with Crippen molar-refractivity contribution in [3.63, 3.8) is 0 Å². The van der Waals surface area contributed by atoms with Gasteiger partial charge in [0.2, 0.25) is 5.91 Å². The summed E-state index contributed by atoms with van der Waals surface area (Å²) in [6.45, 7) is 2.80. The average Bonchev–Trinajstić information content (AvgIpc) is 3.17. The molecule has 1 aromatic carbocycles. The van der Waals surface area contributed by atoms with Gasteiger partial charge in [0, 0.05) is 20.0 Å². The predicted octanol–water partition coefficient (Wildman–Crippen LogP) is 2.37. The molecule has 0 fully saturated rings. The van der Waals surface area contributed by atoms with Gasteiger partial charge in [0.05, 0.1) is 21.6 Å². The standard InChI is InChI=1S/C17H21N5OS/c1-3-22-15(20-14(21-22)11-16(23)18-2)9-6-10-17-19-12-7-4-5-8-13(12)24-17/h4-5,7-8H,3,6,9-11H2,1-2H3,(H,18,23). The Kier molecular flexibility index (Phi) is 5.20. The van der Waals surface area contributed by atoms with Crippen LogP contribution in [0.15, 0.2) is 24.3 Å². The van der Waals surface area contributed by atoms with Crippen LogP contribution in [0.1, 0.15) is 30.0 Å². The normalized spacial score (nSPS) is 11.1. The van der Waals surface area contributed by atoms with Crippen molar-refractivity contribution in [2.75, 3.05) is 7.05 Å². The summed E-state index contributed by atoms with van der Waals surface area (Å²) in [5, 5.41) is 8.17. The molecule has 0 saturated heterocycles. The van der Waals surface area contributed by atoms with E-state index in [0.717, 1.165) is 42.2 Å². The van der Waals surface area contributed by atoms with Crippen molar-refractivity contribution in [2.24, 2.45) is 0 Å². The fourth-order valence-electron chi connectivity index (χ4n) is 2.60. The summed E-state index contributed by atoms with van der Waals surface area (Å²) in [4.78, 5) is 20.6. The van der Waals surface area contributed by atoms with Gasteiger partial charge >= 0.3 is 0 Å². The number of amides is 1. The molecule has 24 heavy (non-hydrogen) atoms. The molecular formula is C17H21N5OS. The van der Waals surface area contributed by atoms with Gasteiger partial charge in [0.1, 0.15) is 5.82 Å². The van der Waals surface area contributed by atoms with Gasteiger partial charge in [-0.1, -0.05) is 12.1 Å². The quantitative estimate of drug-likeness (QED) is 0.715. The first-order valence-electron chi connectivity index (χ1n) is 8.17. The zero-order valence-electron chi connectivity index (χ0n) is 14.0. The largest absolute Gasteiger partial charge is 0.359 e. The molecule has 3 aromatic rings. The first-order valence-corrected chi connectivity index (χ1v) is 8.99. The van der Waals surface area contributed by atoms with Crippen molar-refractivity contribution in [1.29, 1.82) is 0 Å². The molecule has 2 aromatic heterocycles. The topological polar surface area (TPSA) is 72.7 Å². The molecule has 0 aliphatic rings. The Morgan fingerprint density at radius 3 is 2.83 bits per heavy atom. The molecular weight excluding hydrogens is 322 g/mol. The van der Waals surface area contributed by atoms with Gasteiger partial charge in [0.15, 0.2) is 5.82 Å². The van der Waals surface area contributed by atoms with E-state index in [2.05, 4.69) is 26.4 Å². The van der Waals surface area contributed by atoms with Crippen LogP contribution in [0.5, 0.6) is 0 Å². The number of hydrogen-bond donors (Lipinski definition) is 1. The van der Waals surface area contributed by atoms with E-state index in [4.69, 9.17) is 0 Å². The Balaban J connectivity index is 1.62. The molecule has 3 rings (SSSR count). The second kappa shape index (κ2) is 7.53. The highest BCUT2D eigenvalue weighted by molar-refractivity contribution is 7.18. The number of thiazole rings is 1. The molecule has 126 valence electrons. The lowest BCUT2D eigenvalue weighted by molar-refractivity contribution is -0.120. The molecule has 7 heteroatoms. The molecule has 0 saturated carbocycles. The van der Waals surface area contributed by atoms with Crippen molar-refractivity contribution in [2.45, 2.75) is 39.2 Å². The van der Waals surface area contributed by atoms with Crippen LogP contribution in [0, 0.1) is 0 Å². The number of hydrogen-bond acceptors (Lipinski definition) is 5. The second-order valence-electron chi connectivity index (χ2n) is 5.54. The highest BCUT2D eigenvalue weighted by Crippen LogP contribution is 2.22. The number of nitrogens with zero attached hydrogens (tertiary/aromatic N) is 4. The van der Waals surface area contributed by atoms with Crippen LogP contribution in [0.2, 0.25) is 0 Å². The van der Waals surface area contributed by atoms with Crippen molar-refractivity contribution >= 4 is 27.5 Å². The number of benzene rings is 1. The molecule has 0 atom stereocenters. The monoisotopic (exact) mass is 343 g/mol. The van der Waals surface area contributed by atoms with E-state index in [-0.39, 0.29) is 12.3 Å². The van der Waals surface area contributed by atoms with E-state index >= 15 is 0 Å². The molecule has 0 spiro atoms. The zero-order chi connectivity index (χ0) is 16.9. The van der Waals surface area contributed by atoms with Crippen LogP contribution in [0.3, 0.4) is 0 Å². The summed E-state index contributed by atoms with van der Waals surface area (Å²) in [6.07, 6.45) is 2.97. The summed E-state index contributed by atoms with van der Waals surface area (Å²) in [5.74, 6) is 1.47. The van der Waals surface area contributed by atoms with Gasteiger partial charge in [-0.15, -0.1) is 11.3 Å². The smallest absolute Gasteiger partial charge is 0.227 e. The van der Waals surface area contributed by atoms with Crippen LogP contribution in [-0.2, 0) is 30.6 Å². The van der Waals surface area contributed by atoms with Crippen LogP contribution in [-0.4, -0.2) is 32.7 Å². The van der Waals surface area contributed by atoms with Crippen molar-refractivity contribution in [3.05, 3.63) is 40.9 Å². The number of likely N-dealkylation sites (N-methyl/N-ethyl adjacent to an activating group) is 1. The van der Waals surface area contributed by atoms with Crippen LogP contribution in [0.4, 0.5) is 0 Å². The maximum absolute atomic E-state index is 11.5. The van der Waals surface area contributed by atoms with Crippen LogP contribution in [0.25, 0.3) is 10.2 Å². The minimum Gasteiger partial charge on any atom is -0.359 e. The third-order valence-electron chi connectivity index (χ3n) is 3.82. The van der Waals surface area contributed by atoms with E-state index in [1.54, 1.807) is 18.4 Å². The first kappa shape index (κ1) is 16.6. The SMILES string of the molecule is CCn1nc(CC(=O)NC)nc1CCCc1nc2ccccc2s1. The van der Waals surface area contributed by atoms with E-state index in [9.17, 15) is 4.79 Å². The number of para-hydroxylation sites is 1. The number of carbonyl (C=O) groups is 1. The van der Waals surface area contributed by atoms with Crippen LogP contribution >= 0.6 is 11.3 Å². The minimum absolute atomic E-state index is 0.0655. The van der Waals surface area contributed by atoms with E-state index in [1.165, 1.54) is 4.70 Å². The minimum atomic E-state index is -0.0655. The first-order chi connectivity index (χ1) is 11.7. The summed E-state index contributed by atoms with van der Waals surface area (Å²) >= 11 is 1.75. The van der Waals surface area contributed by atoms with Crippen molar-refractivity contribution < 1.29 is 4.79 Å². The number of rotatable bonds is 7. The van der Waals surface area contributed by atoms with Gasteiger partial charge in [-0.25, -0.2) is 9.97 Å². The number of carbonyl (C=O) groups excluding carboxylic acids is 1. The summed E-state index contributed by atoms with van der Waals surface area (Å²) < 4.78 is 3.12. The van der Waals surface area contributed by atoms with Crippen LogP contribution < -0.4 is 5.32 Å². The van der Waals surface area contributed by atoms with E-state index in [0.29, 0.717) is 5.82 Å². The molecule has 0 unspecified atom stereocenters. The lowest BCUT2D eigenvalue weighted by Gasteiger charge is -2.01. The molecule has 0 aliphatic carbocycles. The van der Waals surface area contributed by atoms with Gasteiger partial charge in [-0.2, -0.15) is 5.10 Å². The predicted molar refractivity (Wildman–Crippen MR) is 95.1 cm³/mol. The molecule has 1 N–H and O–H groups in total. The lowest BCUT2D eigenvalue weighted by Crippen LogP contribution is -2.20.